The average Bonchev–Trinajstić information content (AvgIpc) is 3.47. The van der Waals surface area contributed by atoms with Gasteiger partial charge in [-0.1, -0.05) is 57.6 Å². The van der Waals surface area contributed by atoms with Crippen molar-refractivity contribution < 1.29 is 49.0 Å². The number of aromatic nitrogens is 3. The maximum atomic E-state index is 12.7. The lowest BCUT2D eigenvalue weighted by Crippen LogP contribution is -2.56. The van der Waals surface area contributed by atoms with Gasteiger partial charge in [-0.25, -0.2) is 4.68 Å². The van der Waals surface area contributed by atoms with Gasteiger partial charge in [0.05, 0.1) is 18.8 Å². The Kier molecular flexibility index (Phi) is 17.8. The molecule has 0 saturated carbocycles. The highest BCUT2D eigenvalue weighted by atomic mass is 32.2. The van der Waals surface area contributed by atoms with Crippen LogP contribution in [0.3, 0.4) is 0 Å². The minimum absolute atomic E-state index is 0.00635. The average molecular weight is 648 g/mol. The predicted molar refractivity (Wildman–Crippen MR) is 161 cm³/mol. The van der Waals surface area contributed by atoms with Crippen molar-refractivity contribution in [3.63, 3.8) is 0 Å². The number of nitrogens with zero attached hydrogens (tertiary/aromatic N) is 3. The van der Waals surface area contributed by atoms with E-state index < -0.39 is 55.3 Å². The van der Waals surface area contributed by atoms with Crippen molar-refractivity contribution in [1.82, 2.24) is 15.0 Å². The van der Waals surface area contributed by atoms with Crippen LogP contribution in [0.4, 0.5) is 5.82 Å². The first-order valence-electron chi connectivity index (χ1n) is 15.3. The van der Waals surface area contributed by atoms with Crippen LogP contribution >= 0.6 is 11.8 Å². The van der Waals surface area contributed by atoms with Crippen molar-refractivity contribution in [2.24, 2.45) is 5.73 Å². The smallest absolute Gasteiger partial charge is 0.306 e. The van der Waals surface area contributed by atoms with Gasteiger partial charge in [-0.05, 0) is 12.8 Å². The molecule has 1 aliphatic rings. The molecule has 44 heavy (non-hydrogen) atoms. The summed E-state index contributed by atoms with van der Waals surface area (Å²) in [5.74, 6) is -0.882. The molecule has 0 aromatic carbocycles. The molecule has 0 spiro atoms. The van der Waals surface area contributed by atoms with Crippen molar-refractivity contribution >= 4 is 35.4 Å². The van der Waals surface area contributed by atoms with Crippen molar-refractivity contribution in [3.05, 3.63) is 6.20 Å². The molecule has 2 heterocycles. The molecule has 2 rings (SSSR count). The molecule has 7 atom stereocenters. The van der Waals surface area contributed by atoms with Crippen LogP contribution in [-0.4, -0.2) is 115 Å². The number of nitrogens with two attached hydrogens (primary N) is 1. The molecule has 1 aromatic rings. The van der Waals surface area contributed by atoms with Gasteiger partial charge in [0.25, 0.3) is 0 Å². The second-order valence-electron chi connectivity index (χ2n) is 10.9. The van der Waals surface area contributed by atoms with Crippen LogP contribution < -0.4 is 11.1 Å². The van der Waals surface area contributed by atoms with Crippen LogP contribution in [0.5, 0.6) is 0 Å². The van der Waals surface area contributed by atoms with E-state index in [-0.39, 0.29) is 42.3 Å². The van der Waals surface area contributed by atoms with E-state index in [2.05, 4.69) is 29.5 Å². The number of aliphatic hydroxyl groups excluding tert-OH is 4. The summed E-state index contributed by atoms with van der Waals surface area (Å²) in [5, 5.41) is 49.7. The first-order valence-corrected chi connectivity index (χ1v) is 16.5. The lowest BCUT2D eigenvalue weighted by Gasteiger charge is -2.39. The fraction of sp³-hybridized carbons (Fsp3) is 0.821. The summed E-state index contributed by atoms with van der Waals surface area (Å²) >= 11 is 1.27. The zero-order valence-electron chi connectivity index (χ0n) is 25.6. The zero-order chi connectivity index (χ0) is 32.5. The SMILES string of the molecule is CCCCCCC(=O)OC[C@H](CSC[C@@H](N)C(=O)Nc1cn([C@H]2OC(CO)C(O)C(O)C2O)nn1)OC(=O)CCCCCC. The van der Waals surface area contributed by atoms with Gasteiger partial charge >= 0.3 is 11.9 Å². The quantitative estimate of drug-likeness (QED) is 0.0795. The van der Waals surface area contributed by atoms with Crippen molar-refractivity contribution in [2.75, 3.05) is 30.0 Å². The number of anilines is 1. The number of rotatable bonds is 21. The highest BCUT2D eigenvalue weighted by Gasteiger charge is 2.44. The Balaban J connectivity index is 1.86. The summed E-state index contributed by atoms with van der Waals surface area (Å²) in [6.07, 6.45) is 1.55. The van der Waals surface area contributed by atoms with Gasteiger partial charge in [0.15, 0.2) is 12.0 Å². The number of unbranched alkanes of at least 4 members (excludes halogenated alkanes) is 6. The number of aliphatic hydroxyl groups is 4. The fourth-order valence-electron chi connectivity index (χ4n) is 4.39. The molecule has 0 radical (unpaired) electrons. The normalized spacial score (nSPS) is 23.1. The van der Waals surface area contributed by atoms with E-state index in [1.54, 1.807) is 0 Å². The van der Waals surface area contributed by atoms with Crippen LogP contribution in [0.15, 0.2) is 6.20 Å². The van der Waals surface area contributed by atoms with E-state index in [4.69, 9.17) is 19.9 Å². The fourth-order valence-corrected chi connectivity index (χ4v) is 5.36. The maximum absolute atomic E-state index is 12.7. The van der Waals surface area contributed by atoms with E-state index in [1.807, 2.05) is 0 Å². The van der Waals surface area contributed by atoms with E-state index in [0.717, 1.165) is 56.0 Å². The van der Waals surface area contributed by atoms with Gasteiger partial charge in [0, 0.05) is 24.3 Å². The van der Waals surface area contributed by atoms with Crippen molar-refractivity contribution in [2.45, 2.75) is 121 Å². The Morgan fingerprint density at radius 3 is 2.30 bits per heavy atom. The van der Waals surface area contributed by atoms with E-state index in [1.165, 1.54) is 18.0 Å². The minimum Gasteiger partial charge on any atom is -0.462 e. The van der Waals surface area contributed by atoms with Gasteiger partial charge in [-0.3, -0.25) is 14.4 Å². The van der Waals surface area contributed by atoms with Crippen LogP contribution in [0.25, 0.3) is 0 Å². The highest BCUT2D eigenvalue weighted by Crippen LogP contribution is 2.28. The van der Waals surface area contributed by atoms with Crippen molar-refractivity contribution in [1.29, 1.82) is 0 Å². The Labute approximate surface area is 262 Å². The largest absolute Gasteiger partial charge is 0.462 e. The third-order valence-corrected chi connectivity index (χ3v) is 8.23. The number of amides is 1. The Morgan fingerprint density at radius 1 is 1.00 bits per heavy atom. The molecule has 7 N–H and O–H groups in total. The summed E-state index contributed by atoms with van der Waals surface area (Å²) in [6.45, 7) is 3.49. The van der Waals surface area contributed by atoms with Crippen LogP contribution in [-0.2, 0) is 28.6 Å². The molecule has 15 nitrogen and oxygen atoms in total. The Hall–Kier alpha value is -2.34. The highest BCUT2D eigenvalue weighted by molar-refractivity contribution is 7.99. The summed E-state index contributed by atoms with van der Waals surface area (Å²) < 4.78 is 17.4. The monoisotopic (exact) mass is 647 g/mol. The summed E-state index contributed by atoms with van der Waals surface area (Å²) in [4.78, 5) is 37.2. The minimum atomic E-state index is -1.60. The van der Waals surface area contributed by atoms with Gasteiger partial charge in [-0.2, -0.15) is 11.8 Å². The molecular weight excluding hydrogens is 598 g/mol. The Morgan fingerprint density at radius 2 is 1.66 bits per heavy atom. The lowest BCUT2D eigenvalue weighted by atomic mass is 9.98. The predicted octanol–water partition coefficient (Wildman–Crippen LogP) is 0.645. The molecule has 1 amide bonds. The second-order valence-corrected chi connectivity index (χ2v) is 11.9. The summed E-state index contributed by atoms with van der Waals surface area (Å²) in [7, 11) is 0. The van der Waals surface area contributed by atoms with Gasteiger partial charge in [-0.15, -0.1) is 5.10 Å². The Bertz CT molecular complexity index is 1000. The third-order valence-electron chi connectivity index (χ3n) is 7.02. The topological polar surface area (TPSA) is 229 Å². The molecule has 16 heteroatoms. The summed E-state index contributed by atoms with van der Waals surface area (Å²) in [5.41, 5.74) is 6.06. The molecule has 0 bridgehead atoms. The van der Waals surface area contributed by atoms with Crippen LogP contribution in [0.1, 0.15) is 84.3 Å². The van der Waals surface area contributed by atoms with Gasteiger partial charge < -0.3 is 45.7 Å². The van der Waals surface area contributed by atoms with E-state index in [0.29, 0.717) is 6.42 Å². The number of carbonyl (C=O) groups excluding carboxylic acids is 3. The number of esters is 2. The maximum Gasteiger partial charge on any atom is 0.306 e. The van der Waals surface area contributed by atoms with Crippen LogP contribution in [0, 0.1) is 0 Å². The lowest BCUT2D eigenvalue weighted by molar-refractivity contribution is -0.254. The number of ether oxygens (including phenoxy) is 3. The number of hydrogen-bond donors (Lipinski definition) is 6. The molecule has 0 aliphatic carbocycles. The number of nitrogens with one attached hydrogen (secondary N) is 1. The zero-order valence-corrected chi connectivity index (χ0v) is 26.4. The van der Waals surface area contributed by atoms with E-state index in [9.17, 15) is 34.8 Å². The standard InChI is InChI=1S/C28H49N5O10S/c1-3-5-7-9-11-22(35)41-15-18(42-23(36)12-10-8-6-4-2)16-44-17-19(29)27(40)30-21-13-33(32-31-21)28-26(39)25(38)24(37)20(14-34)43-28/h13,18-20,24-26,28,34,37-39H,3-12,14-17,29H2,1-2H3,(H,30,40)/t18-,19-,20?,24?,25?,26?,28+/m1/s1. The number of carbonyl (C=O) groups is 3. The summed E-state index contributed by atoms with van der Waals surface area (Å²) in [6, 6.07) is -0.982. The molecule has 1 fully saturated rings. The molecule has 1 aliphatic heterocycles. The van der Waals surface area contributed by atoms with Crippen molar-refractivity contribution in [3.8, 4) is 0 Å². The second kappa shape index (κ2) is 20.6. The van der Waals surface area contributed by atoms with Gasteiger partial charge in [0.2, 0.25) is 5.91 Å². The third kappa shape index (κ3) is 12.9. The molecular formula is C28H49N5O10S. The molecule has 1 saturated heterocycles. The van der Waals surface area contributed by atoms with Gasteiger partial charge in [0.1, 0.15) is 37.1 Å². The van der Waals surface area contributed by atoms with E-state index >= 15 is 0 Å². The van der Waals surface area contributed by atoms with Crippen LogP contribution in [0.2, 0.25) is 0 Å². The number of thioether (sulfide) groups is 1. The molecule has 252 valence electrons. The first kappa shape index (κ1) is 37.8. The molecule has 4 unspecified atom stereocenters. The first-order chi connectivity index (χ1) is 21.1. The molecule has 1 aromatic heterocycles. The number of hydrogen-bond acceptors (Lipinski definition) is 14.